The first kappa shape index (κ1) is 38.8. The highest BCUT2D eigenvalue weighted by atomic mass is 16.6. The number of hydrogen-bond acceptors (Lipinski definition) is 9. The Morgan fingerprint density at radius 3 is 2.02 bits per heavy atom. The molecule has 2 aliphatic heterocycles. The predicted octanol–water partition coefficient (Wildman–Crippen LogP) is 5.55. The summed E-state index contributed by atoms with van der Waals surface area (Å²) < 4.78 is 8.18. The van der Waals surface area contributed by atoms with E-state index in [4.69, 9.17) is 4.74 Å². The van der Waals surface area contributed by atoms with Crippen LogP contribution >= 0.6 is 0 Å². The first-order valence-electron chi connectivity index (χ1n) is 19.1. The summed E-state index contributed by atoms with van der Waals surface area (Å²) in [5.41, 5.74) is 3.95. The Labute approximate surface area is 330 Å². The number of piperidine rings is 1. The summed E-state index contributed by atoms with van der Waals surface area (Å²) in [6, 6.07) is 32.7. The summed E-state index contributed by atoms with van der Waals surface area (Å²) in [4.78, 5) is 55.9. The largest absolute Gasteiger partial charge is 0.367 e. The molecule has 294 valence electrons. The van der Waals surface area contributed by atoms with E-state index in [9.17, 15) is 24.5 Å². The molecule has 2 aliphatic rings. The Balaban J connectivity index is 0.844. The van der Waals surface area contributed by atoms with Gasteiger partial charge in [-0.05, 0) is 48.2 Å². The second kappa shape index (κ2) is 18.5. The van der Waals surface area contributed by atoms with E-state index in [-0.39, 0.29) is 36.2 Å². The van der Waals surface area contributed by atoms with E-state index in [0.717, 1.165) is 30.8 Å². The second-order valence-corrected chi connectivity index (χ2v) is 14.1. The van der Waals surface area contributed by atoms with Crippen molar-refractivity contribution < 1.29 is 24.0 Å². The van der Waals surface area contributed by atoms with Gasteiger partial charge < -0.3 is 25.2 Å². The first-order valence-corrected chi connectivity index (χ1v) is 19.1. The standard InChI is InChI=1S/C42H45N9O6/c52-40(48-19-17-37(18-20-48)50-30-36(45-46-50)29-43-42(54)44-35-15-8-16-38(28-35)51(55)56)33-13-7-14-34(27-33)41(53)49-23-21-47(22-24-49)25-26-57-39(31-9-3-1-4-10-31)32-11-5-2-6-12-32/h1-16,27-28,30,37,39H,17-26,29H2,(H2,43,44,54). The molecule has 15 heteroatoms. The number of carbonyl (C=O) groups excluding carboxylic acids is 3. The van der Waals surface area contributed by atoms with Crippen LogP contribution in [0.3, 0.4) is 0 Å². The fraction of sp³-hybridized carbons (Fsp3) is 0.310. The van der Waals surface area contributed by atoms with Gasteiger partial charge in [0.2, 0.25) is 0 Å². The van der Waals surface area contributed by atoms with Crippen LogP contribution in [0.4, 0.5) is 16.2 Å². The van der Waals surface area contributed by atoms with Gasteiger partial charge in [-0.2, -0.15) is 0 Å². The van der Waals surface area contributed by atoms with Crippen molar-refractivity contribution in [1.29, 1.82) is 0 Å². The molecule has 0 aliphatic carbocycles. The van der Waals surface area contributed by atoms with Gasteiger partial charge in [0.15, 0.2) is 0 Å². The molecule has 0 spiro atoms. The van der Waals surface area contributed by atoms with Crippen LogP contribution in [0.15, 0.2) is 115 Å². The molecule has 57 heavy (non-hydrogen) atoms. The molecule has 5 aromatic rings. The number of nitro benzene ring substituents is 1. The third kappa shape index (κ3) is 10.1. The zero-order valence-electron chi connectivity index (χ0n) is 31.5. The van der Waals surface area contributed by atoms with Gasteiger partial charge in [-0.3, -0.25) is 24.6 Å². The van der Waals surface area contributed by atoms with Gasteiger partial charge in [0, 0.05) is 74.8 Å². The Bertz CT molecular complexity index is 2110. The lowest BCUT2D eigenvalue weighted by atomic mass is 10.0. The molecule has 4 amide bonds. The number of urea groups is 1. The number of rotatable bonds is 13. The SMILES string of the molecule is O=C(NCc1cn(C2CCN(C(=O)c3cccc(C(=O)N4CCN(CCOC(c5ccccc5)c5ccccc5)CC4)c3)CC2)nn1)Nc1cccc([N+](=O)[O-])c1. The van der Waals surface area contributed by atoms with Crippen LogP contribution < -0.4 is 10.6 Å². The normalized spacial score (nSPS) is 15.0. The van der Waals surface area contributed by atoms with E-state index in [2.05, 4.69) is 50.1 Å². The van der Waals surface area contributed by atoms with Gasteiger partial charge in [-0.15, -0.1) is 5.10 Å². The lowest BCUT2D eigenvalue weighted by Crippen LogP contribution is -2.49. The first-order chi connectivity index (χ1) is 27.8. The molecule has 15 nitrogen and oxygen atoms in total. The molecule has 3 heterocycles. The third-order valence-electron chi connectivity index (χ3n) is 10.3. The zero-order chi connectivity index (χ0) is 39.6. The van der Waals surface area contributed by atoms with Crippen molar-refractivity contribution in [3.63, 3.8) is 0 Å². The summed E-state index contributed by atoms with van der Waals surface area (Å²) in [5.74, 6) is -0.194. The lowest BCUT2D eigenvalue weighted by molar-refractivity contribution is -0.384. The Morgan fingerprint density at radius 2 is 1.39 bits per heavy atom. The number of carbonyl (C=O) groups is 3. The number of nitrogens with zero attached hydrogens (tertiary/aromatic N) is 7. The molecule has 0 radical (unpaired) electrons. The van der Waals surface area contributed by atoms with Crippen LogP contribution in [0.1, 0.15) is 62.5 Å². The Morgan fingerprint density at radius 1 is 0.772 bits per heavy atom. The maximum Gasteiger partial charge on any atom is 0.319 e. The topological polar surface area (TPSA) is 168 Å². The van der Waals surface area contributed by atoms with E-state index in [1.807, 2.05) is 41.3 Å². The van der Waals surface area contributed by atoms with E-state index in [1.165, 1.54) is 18.2 Å². The summed E-state index contributed by atoms with van der Waals surface area (Å²) in [6.45, 7) is 5.15. The highest BCUT2D eigenvalue weighted by Gasteiger charge is 2.27. The van der Waals surface area contributed by atoms with Crippen molar-refractivity contribution in [2.75, 3.05) is 57.7 Å². The number of nitro groups is 1. The number of anilines is 1. The van der Waals surface area contributed by atoms with Crippen molar-refractivity contribution in [3.05, 3.63) is 153 Å². The van der Waals surface area contributed by atoms with Gasteiger partial charge in [-0.25, -0.2) is 9.48 Å². The van der Waals surface area contributed by atoms with Crippen LogP contribution in [0.5, 0.6) is 0 Å². The molecule has 2 saturated heterocycles. The van der Waals surface area contributed by atoms with Gasteiger partial charge in [0.05, 0.1) is 30.3 Å². The molecule has 7 rings (SSSR count). The fourth-order valence-corrected chi connectivity index (χ4v) is 7.21. The quantitative estimate of drug-likeness (QED) is 0.115. The summed E-state index contributed by atoms with van der Waals surface area (Å²) in [6.07, 6.45) is 2.96. The van der Waals surface area contributed by atoms with Gasteiger partial charge in [0.25, 0.3) is 17.5 Å². The van der Waals surface area contributed by atoms with Crippen LogP contribution in [0.25, 0.3) is 0 Å². The number of benzene rings is 4. The number of hydrogen-bond donors (Lipinski definition) is 2. The van der Waals surface area contributed by atoms with Crippen molar-refractivity contribution in [1.82, 2.24) is 35.0 Å². The average Bonchev–Trinajstić information content (AvgIpc) is 3.74. The maximum absolute atomic E-state index is 13.6. The third-order valence-corrected chi connectivity index (χ3v) is 10.3. The van der Waals surface area contributed by atoms with Crippen molar-refractivity contribution in [3.8, 4) is 0 Å². The minimum atomic E-state index is -0.529. The molecule has 0 atom stereocenters. The highest BCUT2D eigenvalue weighted by molar-refractivity contribution is 5.99. The summed E-state index contributed by atoms with van der Waals surface area (Å²) in [5, 5.41) is 24.7. The molecule has 0 bridgehead atoms. The van der Waals surface area contributed by atoms with E-state index >= 15 is 0 Å². The fourth-order valence-electron chi connectivity index (χ4n) is 7.21. The molecular weight excluding hydrogens is 727 g/mol. The van der Waals surface area contributed by atoms with Gasteiger partial charge >= 0.3 is 6.03 Å². The molecule has 0 saturated carbocycles. The van der Waals surface area contributed by atoms with Crippen molar-refractivity contribution in [2.24, 2.45) is 0 Å². The Hall–Kier alpha value is -6.45. The zero-order valence-corrected chi connectivity index (χ0v) is 31.5. The van der Waals surface area contributed by atoms with Gasteiger partial charge in [-0.1, -0.05) is 78.0 Å². The monoisotopic (exact) mass is 771 g/mol. The number of non-ortho nitro benzene ring substituents is 1. The number of amides is 4. The maximum atomic E-state index is 13.6. The minimum Gasteiger partial charge on any atom is -0.367 e. The summed E-state index contributed by atoms with van der Waals surface area (Å²) >= 11 is 0. The van der Waals surface area contributed by atoms with Crippen LogP contribution in [-0.4, -0.2) is 105 Å². The average molecular weight is 772 g/mol. The molecule has 2 fully saturated rings. The molecule has 0 unspecified atom stereocenters. The highest BCUT2D eigenvalue weighted by Crippen LogP contribution is 2.26. The second-order valence-electron chi connectivity index (χ2n) is 14.1. The number of piperazine rings is 1. The van der Waals surface area contributed by atoms with E-state index in [0.29, 0.717) is 68.1 Å². The Kier molecular flexibility index (Phi) is 12.6. The van der Waals surface area contributed by atoms with Crippen LogP contribution in [0.2, 0.25) is 0 Å². The van der Waals surface area contributed by atoms with Crippen LogP contribution in [0, 0.1) is 10.1 Å². The smallest absolute Gasteiger partial charge is 0.319 e. The lowest BCUT2D eigenvalue weighted by Gasteiger charge is -2.35. The number of likely N-dealkylation sites (tertiary alicyclic amines) is 1. The predicted molar refractivity (Wildman–Crippen MR) is 213 cm³/mol. The van der Waals surface area contributed by atoms with Crippen LogP contribution in [-0.2, 0) is 11.3 Å². The van der Waals surface area contributed by atoms with Gasteiger partial charge in [0.1, 0.15) is 11.8 Å². The van der Waals surface area contributed by atoms with Crippen molar-refractivity contribution >= 4 is 29.2 Å². The van der Waals surface area contributed by atoms with E-state index in [1.54, 1.807) is 46.1 Å². The van der Waals surface area contributed by atoms with Crippen molar-refractivity contribution in [2.45, 2.75) is 31.5 Å². The number of nitrogens with one attached hydrogen (secondary N) is 2. The number of aromatic nitrogens is 3. The molecular formula is C42H45N9O6. The van der Waals surface area contributed by atoms with E-state index < -0.39 is 11.0 Å². The summed E-state index contributed by atoms with van der Waals surface area (Å²) in [7, 11) is 0. The number of ether oxygens (including phenoxy) is 1. The molecule has 2 N–H and O–H groups in total. The minimum absolute atomic E-state index is 0.0290. The molecule has 4 aromatic carbocycles. The molecule has 1 aromatic heterocycles.